The van der Waals surface area contributed by atoms with E-state index in [2.05, 4.69) is 9.97 Å². The second-order valence-electron chi connectivity index (χ2n) is 6.68. The monoisotopic (exact) mass is 296 g/mol. The molecule has 6 heteroatoms. The summed E-state index contributed by atoms with van der Waals surface area (Å²) >= 11 is 0. The Morgan fingerprint density at radius 1 is 1.00 bits per heavy atom. The first-order valence-corrected chi connectivity index (χ1v) is 7.35. The highest BCUT2D eigenvalue weighted by Gasteiger charge is 2.51. The van der Waals surface area contributed by atoms with Crippen molar-refractivity contribution in [3.8, 4) is 0 Å². The van der Waals surface area contributed by atoms with Crippen LogP contribution in [0.2, 0.25) is 0 Å². The molecule has 4 rings (SSSR count). The van der Waals surface area contributed by atoms with Gasteiger partial charge in [0.05, 0.1) is 17.4 Å². The summed E-state index contributed by atoms with van der Waals surface area (Å²) in [6.45, 7) is 8.19. The largest absolute Gasteiger partial charge is 0.494 e. The summed E-state index contributed by atoms with van der Waals surface area (Å²) in [6, 6.07) is 5.92. The third-order valence-electron chi connectivity index (χ3n) is 4.68. The van der Waals surface area contributed by atoms with E-state index in [0.717, 1.165) is 21.9 Å². The van der Waals surface area contributed by atoms with Crippen molar-refractivity contribution < 1.29 is 13.7 Å². The molecular formula is C16H17BN2O3. The van der Waals surface area contributed by atoms with Gasteiger partial charge in [0, 0.05) is 5.39 Å². The van der Waals surface area contributed by atoms with Gasteiger partial charge in [0.1, 0.15) is 17.4 Å². The van der Waals surface area contributed by atoms with Crippen molar-refractivity contribution in [2.75, 3.05) is 0 Å². The zero-order valence-corrected chi connectivity index (χ0v) is 13.1. The van der Waals surface area contributed by atoms with Gasteiger partial charge in [-0.1, -0.05) is 6.07 Å². The first-order valence-electron chi connectivity index (χ1n) is 7.35. The second kappa shape index (κ2) is 4.30. The number of rotatable bonds is 1. The molecule has 0 spiro atoms. The average Bonchev–Trinajstić information content (AvgIpc) is 2.93. The summed E-state index contributed by atoms with van der Waals surface area (Å²) in [5, 5.41) is 0.949. The van der Waals surface area contributed by atoms with Crippen LogP contribution >= 0.6 is 0 Å². The number of fused-ring (bicyclic) bond motifs is 3. The predicted octanol–water partition coefficient (Wildman–Crippen LogP) is 2.68. The van der Waals surface area contributed by atoms with Crippen molar-refractivity contribution in [1.82, 2.24) is 9.97 Å². The maximum Gasteiger partial charge on any atom is 0.494 e. The summed E-state index contributed by atoms with van der Waals surface area (Å²) in [6.07, 6.45) is 3.20. The van der Waals surface area contributed by atoms with Gasteiger partial charge in [-0.05, 0) is 45.3 Å². The molecule has 1 aromatic carbocycles. The average molecular weight is 296 g/mol. The molecule has 0 bridgehead atoms. The lowest BCUT2D eigenvalue weighted by Crippen LogP contribution is -2.41. The molecule has 0 saturated carbocycles. The number of furan rings is 1. The van der Waals surface area contributed by atoms with Gasteiger partial charge in [-0.3, -0.25) is 0 Å². The number of nitrogens with zero attached hydrogens (tertiary/aromatic N) is 2. The van der Waals surface area contributed by atoms with Gasteiger partial charge in [-0.15, -0.1) is 0 Å². The van der Waals surface area contributed by atoms with Crippen LogP contribution in [0.15, 0.2) is 35.1 Å². The summed E-state index contributed by atoms with van der Waals surface area (Å²) < 4.78 is 17.9. The van der Waals surface area contributed by atoms with Gasteiger partial charge in [-0.2, -0.15) is 0 Å². The molecule has 0 aliphatic carbocycles. The lowest BCUT2D eigenvalue weighted by atomic mass is 9.78. The normalized spacial score (nSPS) is 20.1. The molecule has 1 aliphatic heterocycles. The van der Waals surface area contributed by atoms with Crippen LogP contribution in [0.4, 0.5) is 0 Å². The first kappa shape index (κ1) is 13.7. The third kappa shape index (κ3) is 1.87. The summed E-state index contributed by atoms with van der Waals surface area (Å²) in [4.78, 5) is 8.30. The van der Waals surface area contributed by atoms with E-state index >= 15 is 0 Å². The fourth-order valence-electron chi connectivity index (χ4n) is 2.66. The Balaban J connectivity index is 1.82. The molecule has 22 heavy (non-hydrogen) atoms. The van der Waals surface area contributed by atoms with Crippen LogP contribution < -0.4 is 5.46 Å². The summed E-state index contributed by atoms with van der Waals surface area (Å²) in [5.74, 6) is 0. The van der Waals surface area contributed by atoms with Crippen molar-refractivity contribution in [2.45, 2.75) is 38.9 Å². The molecule has 5 nitrogen and oxygen atoms in total. The standard InChI is InChI=1S/C16H17BN2O3/c1-15(2)16(3,4)22-17(21-15)10-5-6-12-11(7-10)14-13(20-12)8-18-9-19-14/h5-9H,1-4H3. The van der Waals surface area contributed by atoms with Crippen LogP contribution in [0.25, 0.3) is 22.1 Å². The quantitative estimate of drug-likeness (QED) is 0.646. The lowest BCUT2D eigenvalue weighted by molar-refractivity contribution is 0.00578. The Morgan fingerprint density at radius 2 is 1.73 bits per heavy atom. The minimum absolute atomic E-state index is 0.354. The zero-order valence-electron chi connectivity index (χ0n) is 13.1. The zero-order chi connectivity index (χ0) is 15.5. The fourth-order valence-corrected chi connectivity index (χ4v) is 2.66. The van der Waals surface area contributed by atoms with Crippen LogP contribution in [0, 0.1) is 0 Å². The van der Waals surface area contributed by atoms with Crippen LogP contribution in [-0.2, 0) is 9.31 Å². The van der Waals surface area contributed by atoms with E-state index in [-0.39, 0.29) is 18.3 Å². The van der Waals surface area contributed by atoms with E-state index < -0.39 is 0 Å². The second-order valence-corrected chi connectivity index (χ2v) is 6.68. The molecule has 2 aromatic heterocycles. The van der Waals surface area contributed by atoms with E-state index in [1.165, 1.54) is 6.33 Å². The summed E-state index contributed by atoms with van der Waals surface area (Å²) in [5.41, 5.74) is 2.54. The molecule has 0 amide bonds. The molecule has 0 radical (unpaired) electrons. The number of benzene rings is 1. The number of hydrogen-bond acceptors (Lipinski definition) is 5. The van der Waals surface area contributed by atoms with Gasteiger partial charge in [0.2, 0.25) is 0 Å². The van der Waals surface area contributed by atoms with Crippen LogP contribution in [0.3, 0.4) is 0 Å². The van der Waals surface area contributed by atoms with Crippen molar-refractivity contribution >= 4 is 34.7 Å². The van der Waals surface area contributed by atoms with Crippen molar-refractivity contribution in [1.29, 1.82) is 0 Å². The Bertz CT molecular complexity index is 856. The van der Waals surface area contributed by atoms with Gasteiger partial charge in [0.25, 0.3) is 0 Å². The minimum Gasteiger partial charge on any atom is -0.453 e. The van der Waals surface area contributed by atoms with Crippen molar-refractivity contribution in [3.63, 3.8) is 0 Å². The SMILES string of the molecule is CC1(C)OB(c2ccc3oc4cncnc4c3c2)OC1(C)C. The van der Waals surface area contributed by atoms with Crippen LogP contribution in [0.5, 0.6) is 0 Å². The van der Waals surface area contributed by atoms with Gasteiger partial charge in [0.15, 0.2) is 5.58 Å². The topological polar surface area (TPSA) is 57.4 Å². The molecule has 0 unspecified atom stereocenters. The molecule has 1 saturated heterocycles. The van der Waals surface area contributed by atoms with E-state index in [4.69, 9.17) is 13.7 Å². The molecule has 0 atom stereocenters. The maximum atomic E-state index is 6.10. The smallest absolute Gasteiger partial charge is 0.453 e. The molecule has 1 fully saturated rings. The van der Waals surface area contributed by atoms with Crippen molar-refractivity contribution in [3.05, 3.63) is 30.7 Å². The van der Waals surface area contributed by atoms with Crippen molar-refractivity contribution in [2.24, 2.45) is 0 Å². The molecule has 0 N–H and O–H groups in total. The van der Waals surface area contributed by atoms with E-state index in [1.807, 2.05) is 45.9 Å². The molecule has 3 aromatic rings. The van der Waals surface area contributed by atoms with E-state index in [0.29, 0.717) is 5.58 Å². The molecular weight excluding hydrogens is 279 g/mol. The fraction of sp³-hybridized carbons (Fsp3) is 0.375. The third-order valence-corrected chi connectivity index (χ3v) is 4.68. The number of aromatic nitrogens is 2. The summed E-state index contributed by atoms with van der Waals surface area (Å²) in [7, 11) is -0.388. The van der Waals surface area contributed by atoms with Crippen LogP contribution in [-0.4, -0.2) is 28.3 Å². The van der Waals surface area contributed by atoms with E-state index in [9.17, 15) is 0 Å². The van der Waals surface area contributed by atoms with Gasteiger partial charge >= 0.3 is 7.12 Å². The van der Waals surface area contributed by atoms with Crippen LogP contribution in [0.1, 0.15) is 27.7 Å². The molecule has 112 valence electrons. The highest BCUT2D eigenvalue weighted by Crippen LogP contribution is 2.37. The minimum atomic E-state index is -0.388. The van der Waals surface area contributed by atoms with Gasteiger partial charge in [-0.25, -0.2) is 9.97 Å². The maximum absolute atomic E-state index is 6.10. The molecule has 1 aliphatic rings. The Labute approximate surface area is 128 Å². The first-order chi connectivity index (χ1) is 10.4. The Kier molecular flexibility index (Phi) is 2.69. The number of hydrogen-bond donors (Lipinski definition) is 0. The highest BCUT2D eigenvalue weighted by atomic mass is 16.7. The molecule has 3 heterocycles. The highest BCUT2D eigenvalue weighted by molar-refractivity contribution is 6.62. The predicted molar refractivity (Wildman–Crippen MR) is 85.0 cm³/mol. The Hall–Kier alpha value is -1.92. The Morgan fingerprint density at radius 3 is 2.45 bits per heavy atom. The lowest BCUT2D eigenvalue weighted by Gasteiger charge is -2.32. The van der Waals surface area contributed by atoms with Gasteiger partial charge < -0.3 is 13.7 Å². The van der Waals surface area contributed by atoms with E-state index in [1.54, 1.807) is 6.20 Å².